The maximum Gasteiger partial charge on any atom is 0.0817 e. The van der Waals surface area contributed by atoms with Gasteiger partial charge in [0.2, 0.25) is 0 Å². The highest BCUT2D eigenvalue weighted by Gasteiger charge is 1.67. The van der Waals surface area contributed by atoms with Crippen LogP contribution in [-0.4, -0.2) is 0 Å². The third kappa shape index (κ3) is 4.67. The summed E-state index contributed by atoms with van der Waals surface area (Å²) in [6.45, 7) is 0. The Morgan fingerprint density at radius 3 is 2.00 bits per heavy atom. The maximum atomic E-state index is 5.06. The molecule has 0 N–H and O–H groups in total. The second kappa shape index (κ2) is 2.88. The molecule has 0 bridgehead atoms. The molecule has 0 heterocycles. The van der Waals surface area contributed by atoms with Crippen molar-refractivity contribution in [2.45, 2.75) is 0 Å². The number of halogens is 2. The van der Waals surface area contributed by atoms with Gasteiger partial charge in [-0.15, -0.1) is 12.6 Å². The van der Waals surface area contributed by atoms with Crippen molar-refractivity contribution in [1.29, 1.82) is 0 Å². The molecule has 0 aliphatic rings. The highest BCUT2D eigenvalue weighted by Crippen LogP contribution is 2.05. The Labute approximate surface area is 46.2 Å². The zero-order chi connectivity index (χ0) is 4.28. The fraction of sp³-hybridized carbons (Fsp3) is 0. The molecule has 0 aromatic rings. The van der Waals surface area contributed by atoms with E-state index >= 15 is 0 Å². The summed E-state index contributed by atoms with van der Waals surface area (Å²) in [5.74, 6) is 0. The lowest BCUT2D eigenvalue weighted by atomic mass is 11.2. The van der Waals surface area contributed by atoms with Crippen molar-refractivity contribution in [3.05, 3.63) is 9.90 Å². The fourth-order valence-corrected chi connectivity index (χ4v) is 0. The van der Waals surface area contributed by atoms with Crippen LogP contribution in [0.3, 0.4) is 0 Å². The van der Waals surface area contributed by atoms with Crippen LogP contribution >= 0.6 is 35.8 Å². The van der Waals surface area contributed by atoms with Crippen molar-refractivity contribution >= 4 is 35.8 Å². The minimum atomic E-state index is 0.312. The molecule has 0 fully saturated rings. The Hall–Kier alpha value is 0.670. The largest absolute Gasteiger partial charge is 0.130 e. The summed E-state index contributed by atoms with van der Waals surface area (Å²) in [7, 11) is 0. The van der Waals surface area contributed by atoms with E-state index in [1.54, 1.807) is 0 Å². The maximum absolute atomic E-state index is 5.06. The molecule has 0 radical (unpaired) electrons. The Morgan fingerprint density at radius 1 is 1.80 bits per heavy atom. The van der Waals surface area contributed by atoms with Crippen LogP contribution in [0.5, 0.6) is 0 Å². The van der Waals surface area contributed by atoms with E-state index in [1.165, 1.54) is 5.54 Å². The lowest BCUT2D eigenvalue weighted by Gasteiger charge is -1.67. The molecule has 0 aromatic carbocycles. The molecule has 3 heteroatoms. The van der Waals surface area contributed by atoms with Crippen LogP contribution < -0.4 is 0 Å². The van der Waals surface area contributed by atoms with Crippen molar-refractivity contribution in [1.82, 2.24) is 0 Å². The van der Waals surface area contributed by atoms with Gasteiger partial charge in [-0.2, -0.15) is 0 Å². The summed E-state index contributed by atoms with van der Waals surface area (Å²) >= 11 is 13.6. The quantitative estimate of drug-likeness (QED) is 0.476. The van der Waals surface area contributed by atoms with Gasteiger partial charge in [0.1, 0.15) is 0 Å². The summed E-state index contributed by atoms with van der Waals surface area (Å²) in [4.78, 5) is 0. The molecule has 5 heavy (non-hydrogen) atoms. The Bertz CT molecular complexity index is 45.6. The van der Waals surface area contributed by atoms with Gasteiger partial charge in [-0.1, -0.05) is 23.2 Å². The first kappa shape index (κ1) is 5.67. The second-order valence-electron chi connectivity index (χ2n) is 0.432. The second-order valence-corrected chi connectivity index (χ2v) is 1.80. The third-order valence-electron chi connectivity index (χ3n) is 0.0900. The van der Waals surface area contributed by atoms with E-state index in [0.29, 0.717) is 4.36 Å². The zero-order valence-electron chi connectivity index (χ0n) is 2.28. The lowest BCUT2D eigenvalue weighted by Crippen LogP contribution is -1.34. The molecule has 0 aliphatic carbocycles. The van der Waals surface area contributed by atoms with E-state index in [9.17, 15) is 0 Å². The Kier molecular flexibility index (Phi) is 3.27. The molecule has 0 aliphatic heterocycles. The predicted octanol–water partition coefficient (Wildman–Crippen LogP) is 2.19. The first-order chi connectivity index (χ1) is 2.27. The predicted molar refractivity (Wildman–Crippen MR) is 28.8 cm³/mol. The van der Waals surface area contributed by atoms with Gasteiger partial charge in [0.15, 0.2) is 0 Å². The van der Waals surface area contributed by atoms with Gasteiger partial charge in [-0.3, -0.25) is 0 Å². The van der Waals surface area contributed by atoms with Gasteiger partial charge >= 0.3 is 0 Å². The van der Waals surface area contributed by atoms with Crippen LogP contribution in [0.25, 0.3) is 0 Å². The van der Waals surface area contributed by atoms with E-state index in [4.69, 9.17) is 23.2 Å². The number of hydrogen-bond donors (Lipinski definition) is 1. The smallest absolute Gasteiger partial charge is 0.0817 e. The molecule has 0 spiro atoms. The number of rotatable bonds is 0. The van der Waals surface area contributed by atoms with E-state index in [0.717, 1.165) is 0 Å². The van der Waals surface area contributed by atoms with Gasteiger partial charge in [0, 0.05) is 5.54 Å². The summed E-state index contributed by atoms with van der Waals surface area (Å²) in [5, 5.41) is 0. The van der Waals surface area contributed by atoms with Gasteiger partial charge < -0.3 is 0 Å². The molecule has 30 valence electrons. The molecular weight excluding hydrogens is 127 g/mol. The van der Waals surface area contributed by atoms with Crippen LogP contribution in [-0.2, 0) is 0 Å². The average Bonchev–Trinajstić information content (AvgIpc) is 1.38. The van der Waals surface area contributed by atoms with Gasteiger partial charge in [0.25, 0.3) is 0 Å². The Morgan fingerprint density at radius 2 is 2.00 bits per heavy atom. The van der Waals surface area contributed by atoms with E-state index in [2.05, 4.69) is 12.6 Å². The molecule has 0 nitrogen and oxygen atoms in total. The van der Waals surface area contributed by atoms with E-state index in [-0.39, 0.29) is 0 Å². The Balaban J connectivity index is 3.14. The van der Waals surface area contributed by atoms with Gasteiger partial charge in [-0.25, -0.2) is 0 Å². The highest BCUT2D eigenvalue weighted by atomic mass is 35.5. The van der Waals surface area contributed by atoms with Crippen molar-refractivity contribution in [2.75, 3.05) is 0 Å². The topological polar surface area (TPSA) is 0 Å². The summed E-state index contributed by atoms with van der Waals surface area (Å²) in [6.07, 6.45) is 0. The van der Waals surface area contributed by atoms with Crippen molar-refractivity contribution in [3.63, 3.8) is 0 Å². The monoisotopic (exact) mass is 128 g/mol. The van der Waals surface area contributed by atoms with Crippen LogP contribution in [0.15, 0.2) is 9.90 Å². The number of thiol groups is 1. The molecule has 0 unspecified atom stereocenters. The molecule has 0 saturated carbocycles. The van der Waals surface area contributed by atoms with Crippen molar-refractivity contribution in [3.8, 4) is 0 Å². The van der Waals surface area contributed by atoms with Crippen LogP contribution in [0.1, 0.15) is 0 Å². The molecule has 0 atom stereocenters. The number of hydrogen-bond acceptors (Lipinski definition) is 1. The van der Waals surface area contributed by atoms with Crippen molar-refractivity contribution in [2.24, 2.45) is 0 Å². The molecule has 0 rings (SSSR count). The minimum Gasteiger partial charge on any atom is -0.130 e. The summed E-state index contributed by atoms with van der Waals surface area (Å²) in [5.41, 5.74) is 1.19. The van der Waals surface area contributed by atoms with Crippen LogP contribution in [0.4, 0.5) is 0 Å². The van der Waals surface area contributed by atoms with Crippen molar-refractivity contribution < 1.29 is 0 Å². The zero-order valence-corrected chi connectivity index (χ0v) is 4.69. The van der Waals surface area contributed by atoms with Gasteiger partial charge in [0.05, 0.1) is 4.36 Å². The van der Waals surface area contributed by atoms with Crippen LogP contribution in [0, 0.1) is 0 Å². The standard InChI is InChI=1S/C2H2Cl2S/c3-1-2(4)5/h1,5H/b2-1-. The normalized spacial score (nSPS) is 12.2. The summed E-state index contributed by atoms with van der Waals surface area (Å²) < 4.78 is 0.312. The SMILES string of the molecule is S/C(Cl)=C\Cl. The summed E-state index contributed by atoms with van der Waals surface area (Å²) in [6, 6.07) is 0. The lowest BCUT2D eigenvalue weighted by molar-refractivity contribution is 2.41. The third-order valence-corrected chi connectivity index (χ3v) is 0.810. The van der Waals surface area contributed by atoms with Crippen LogP contribution in [0.2, 0.25) is 0 Å². The molecule has 0 aromatic heterocycles. The molecule has 0 saturated heterocycles. The first-order valence-corrected chi connectivity index (χ1v) is 2.18. The highest BCUT2D eigenvalue weighted by molar-refractivity contribution is 7.86. The van der Waals surface area contributed by atoms with Gasteiger partial charge in [-0.05, 0) is 0 Å². The average molecular weight is 129 g/mol. The fourth-order valence-electron chi connectivity index (χ4n) is 0. The van der Waals surface area contributed by atoms with E-state index < -0.39 is 0 Å². The molecular formula is C2H2Cl2S. The van der Waals surface area contributed by atoms with E-state index in [1.807, 2.05) is 0 Å². The molecule has 0 amide bonds. The minimum absolute atomic E-state index is 0.312. The first-order valence-electron chi connectivity index (χ1n) is 0.919.